The molecule has 0 aliphatic carbocycles. The standard InChI is InChI=1S/C29H21FN2O2/c30-24-19-11-10-18-23(24)27-25(28(33)20-12-4-1-5-13-20)26(31-21-14-6-2-7-15-21)29(34)32(27)22-16-8-3-9-17-22/h1-19,27,31H/t27-/m1/s1. The van der Waals surface area contributed by atoms with Gasteiger partial charge in [-0.1, -0.05) is 84.9 Å². The number of amides is 1. The molecule has 34 heavy (non-hydrogen) atoms. The summed E-state index contributed by atoms with van der Waals surface area (Å²) in [5, 5.41) is 3.16. The molecule has 0 radical (unpaired) electrons. The number of Topliss-reactive ketones (excluding diaryl/α,β-unsaturated/α-hetero) is 1. The molecule has 0 aromatic heterocycles. The topological polar surface area (TPSA) is 49.4 Å². The van der Waals surface area contributed by atoms with Crippen LogP contribution in [0.2, 0.25) is 0 Å². The van der Waals surface area contributed by atoms with E-state index in [2.05, 4.69) is 5.32 Å². The summed E-state index contributed by atoms with van der Waals surface area (Å²) >= 11 is 0. The van der Waals surface area contributed by atoms with Crippen LogP contribution in [0, 0.1) is 5.82 Å². The van der Waals surface area contributed by atoms with E-state index in [4.69, 9.17) is 0 Å². The average molecular weight is 448 g/mol. The van der Waals surface area contributed by atoms with Crippen LogP contribution in [-0.2, 0) is 4.79 Å². The molecule has 0 unspecified atom stereocenters. The third-order valence-electron chi connectivity index (χ3n) is 5.79. The summed E-state index contributed by atoms with van der Waals surface area (Å²) in [6.07, 6.45) is 0. The monoisotopic (exact) mass is 448 g/mol. The smallest absolute Gasteiger partial charge is 0.276 e. The number of hydrogen-bond acceptors (Lipinski definition) is 3. The van der Waals surface area contributed by atoms with Gasteiger partial charge >= 0.3 is 0 Å². The summed E-state index contributed by atoms with van der Waals surface area (Å²) in [4.78, 5) is 29.2. The van der Waals surface area contributed by atoms with Crippen LogP contribution < -0.4 is 10.2 Å². The number of rotatable bonds is 6. The maximum Gasteiger partial charge on any atom is 0.276 e. The molecular formula is C29H21FN2O2. The molecule has 1 aliphatic heterocycles. The lowest BCUT2D eigenvalue weighted by atomic mass is 9.92. The summed E-state index contributed by atoms with van der Waals surface area (Å²) in [5.41, 5.74) is 2.25. The van der Waals surface area contributed by atoms with E-state index in [9.17, 15) is 9.59 Å². The maximum absolute atomic E-state index is 15.2. The van der Waals surface area contributed by atoms with Crippen LogP contribution in [-0.4, -0.2) is 11.7 Å². The zero-order chi connectivity index (χ0) is 23.5. The minimum absolute atomic E-state index is 0.136. The van der Waals surface area contributed by atoms with Crippen molar-refractivity contribution < 1.29 is 14.0 Å². The molecule has 0 bridgehead atoms. The Morgan fingerprint density at radius 3 is 1.94 bits per heavy atom. The lowest BCUT2D eigenvalue weighted by Gasteiger charge is -2.27. The Balaban J connectivity index is 1.75. The highest BCUT2D eigenvalue weighted by Crippen LogP contribution is 2.43. The Bertz CT molecular complexity index is 1370. The van der Waals surface area contributed by atoms with E-state index in [0.717, 1.165) is 0 Å². The predicted octanol–water partition coefficient (Wildman–Crippen LogP) is 6.16. The molecule has 0 saturated carbocycles. The first kappa shape index (κ1) is 21.3. The number of benzene rings is 4. The average Bonchev–Trinajstić information content (AvgIpc) is 3.17. The van der Waals surface area contributed by atoms with Gasteiger partial charge in [-0.2, -0.15) is 0 Å². The molecule has 4 nitrogen and oxygen atoms in total. The van der Waals surface area contributed by atoms with Crippen LogP contribution in [0.4, 0.5) is 15.8 Å². The van der Waals surface area contributed by atoms with Crippen LogP contribution in [0.1, 0.15) is 22.0 Å². The molecule has 4 aromatic carbocycles. The molecule has 1 N–H and O–H groups in total. The number of ketones is 1. The number of nitrogens with zero attached hydrogens (tertiary/aromatic N) is 1. The van der Waals surface area contributed by atoms with Gasteiger partial charge in [0.25, 0.3) is 5.91 Å². The van der Waals surface area contributed by atoms with Crippen molar-refractivity contribution in [3.8, 4) is 0 Å². The number of halogens is 1. The second-order valence-corrected chi connectivity index (χ2v) is 7.91. The highest BCUT2D eigenvalue weighted by Gasteiger charge is 2.45. The third-order valence-corrected chi connectivity index (χ3v) is 5.79. The first-order chi connectivity index (χ1) is 16.6. The zero-order valence-electron chi connectivity index (χ0n) is 18.2. The molecule has 0 saturated heterocycles. The molecule has 1 aliphatic rings. The number of para-hydroxylation sites is 2. The maximum atomic E-state index is 15.2. The predicted molar refractivity (Wildman–Crippen MR) is 131 cm³/mol. The van der Waals surface area contributed by atoms with E-state index < -0.39 is 17.8 Å². The molecule has 0 fully saturated rings. The van der Waals surface area contributed by atoms with Gasteiger partial charge in [-0.15, -0.1) is 0 Å². The molecule has 4 aromatic rings. The Labute approximate surface area is 197 Å². The van der Waals surface area contributed by atoms with E-state index in [0.29, 0.717) is 16.9 Å². The Morgan fingerprint density at radius 1 is 0.735 bits per heavy atom. The summed E-state index contributed by atoms with van der Waals surface area (Å²) < 4.78 is 15.2. The van der Waals surface area contributed by atoms with E-state index in [1.54, 1.807) is 54.6 Å². The fraction of sp³-hybridized carbons (Fsp3) is 0.0345. The molecule has 1 heterocycles. The summed E-state index contributed by atoms with van der Waals surface area (Å²) in [6.45, 7) is 0. The molecule has 0 spiro atoms. The van der Waals surface area contributed by atoms with Gasteiger partial charge in [-0.25, -0.2) is 4.39 Å². The van der Waals surface area contributed by atoms with Gasteiger partial charge in [0.15, 0.2) is 5.78 Å². The van der Waals surface area contributed by atoms with Gasteiger partial charge in [0.2, 0.25) is 0 Å². The van der Waals surface area contributed by atoms with Gasteiger partial charge in [-0.3, -0.25) is 14.5 Å². The first-order valence-electron chi connectivity index (χ1n) is 10.9. The van der Waals surface area contributed by atoms with Crippen LogP contribution in [0.3, 0.4) is 0 Å². The minimum atomic E-state index is -0.935. The van der Waals surface area contributed by atoms with Crippen LogP contribution >= 0.6 is 0 Å². The Hall–Kier alpha value is -4.51. The number of carbonyl (C=O) groups is 2. The fourth-order valence-corrected chi connectivity index (χ4v) is 4.23. The van der Waals surface area contributed by atoms with Gasteiger partial charge in [0.05, 0.1) is 11.6 Å². The van der Waals surface area contributed by atoms with Crippen molar-refractivity contribution in [2.45, 2.75) is 6.04 Å². The fourth-order valence-electron chi connectivity index (χ4n) is 4.23. The Morgan fingerprint density at radius 2 is 1.29 bits per heavy atom. The lowest BCUT2D eigenvalue weighted by Crippen LogP contribution is -2.32. The quantitative estimate of drug-likeness (QED) is 0.359. The van der Waals surface area contributed by atoms with Gasteiger partial charge in [0, 0.05) is 22.5 Å². The molecule has 5 rings (SSSR count). The van der Waals surface area contributed by atoms with Crippen LogP contribution in [0.15, 0.2) is 127 Å². The largest absolute Gasteiger partial charge is 0.351 e. The molecule has 5 heteroatoms. The van der Waals surface area contributed by atoms with Crippen molar-refractivity contribution in [2.24, 2.45) is 0 Å². The van der Waals surface area contributed by atoms with Crippen molar-refractivity contribution in [2.75, 3.05) is 10.2 Å². The summed E-state index contributed by atoms with van der Waals surface area (Å²) in [6, 6.07) is 32.3. The van der Waals surface area contributed by atoms with E-state index in [1.165, 1.54) is 11.0 Å². The number of nitrogens with one attached hydrogen (secondary N) is 1. The van der Waals surface area contributed by atoms with Crippen molar-refractivity contribution in [3.63, 3.8) is 0 Å². The van der Waals surface area contributed by atoms with Crippen molar-refractivity contribution in [3.05, 3.63) is 143 Å². The molecule has 1 atom stereocenters. The highest BCUT2D eigenvalue weighted by molar-refractivity contribution is 6.23. The van der Waals surface area contributed by atoms with Crippen LogP contribution in [0.25, 0.3) is 0 Å². The normalized spacial score (nSPS) is 15.5. The van der Waals surface area contributed by atoms with Crippen molar-refractivity contribution in [1.82, 2.24) is 0 Å². The molecule has 166 valence electrons. The molecule has 1 amide bonds. The second kappa shape index (κ2) is 9.16. The number of hydrogen-bond donors (Lipinski definition) is 1. The minimum Gasteiger partial charge on any atom is -0.351 e. The summed E-state index contributed by atoms with van der Waals surface area (Å²) in [5.74, 6) is -1.22. The number of anilines is 2. The van der Waals surface area contributed by atoms with E-state index >= 15 is 4.39 Å². The van der Waals surface area contributed by atoms with E-state index in [1.807, 2.05) is 54.6 Å². The zero-order valence-corrected chi connectivity index (χ0v) is 18.2. The number of carbonyl (C=O) groups excluding carboxylic acids is 2. The summed E-state index contributed by atoms with van der Waals surface area (Å²) in [7, 11) is 0. The first-order valence-corrected chi connectivity index (χ1v) is 10.9. The van der Waals surface area contributed by atoms with Gasteiger partial charge < -0.3 is 5.32 Å². The van der Waals surface area contributed by atoms with Gasteiger partial charge in [0.1, 0.15) is 11.5 Å². The van der Waals surface area contributed by atoms with Gasteiger partial charge in [-0.05, 0) is 30.3 Å². The van der Waals surface area contributed by atoms with Crippen LogP contribution in [0.5, 0.6) is 0 Å². The SMILES string of the molecule is O=C(C1=C(Nc2ccccc2)C(=O)N(c2ccccc2)[C@@H]1c1ccccc1F)c1ccccc1. The Kier molecular flexibility index (Phi) is 5.75. The molecular weight excluding hydrogens is 427 g/mol. The second-order valence-electron chi connectivity index (χ2n) is 7.91. The third kappa shape index (κ3) is 3.88. The lowest BCUT2D eigenvalue weighted by molar-refractivity contribution is -0.114. The van der Waals surface area contributed by atoms with Crippen molar-refractivity contribution in [1.29, 1.82) is 0 Å². The van der Waals surface area contributed by atoms with Crippen molar-refractivity contribution >= 4 is 23.1 Å². The highest BCUT2D eigenvalue weighted by atomic mass is 19.1. The van der Waals surface area contributed by atoms with E-state index in [-0.39, 0.29) is 22.6 Å².